The van der Waals surface area contributed by atoms with Crippen LogP contribution in [0.25, 0.3) is 0 Å². The second kappa shape index (κ2) is 10.6. The second-order valence-corrected chi connectivity index (χ2v) is 0.667. The van der Waals surface area contributed by atoms with Crippen molar-refractivity contribution in [3.8, 4) is 0 Å². The van der Waals surface area contributed by atoms with Gasteiger partial charge in [0.15, 0.2) is 17.4 Å². The van der Waals surface area contributed by atoms with Crippen LogP contribution in [0.2, 0.25) is 0 Å². The first-order valence-corrected chi connectivity index (χ1v) is 1.35. The topological polar surface area (TPSA) is 72.6 Å². The molecule has 0 amide bonds. The van der Waals surface area contributed by atoms with Gasteiger partial charge >= 0.3 is 29.0 Å². The van der Waals surface area contributed by atoms with E-state index < -0.39 is 5.97 Å². The third-order valence-electron chi connectivity index (χ3n) is 0.268. The van der Waals surface area contributed by atoms with Crippen LogP contribution in [-0.4, -0.2) is 58.2 Å². The SMILES string of the molecule is NCC(=O)OO.[AlH3].[MgH2]. The predicted molar refractivity (Wildman–Crippen MR) is 36.3 cm³/mol. The summed E-state index contributed by atoms with van der Waals surface area (Å²) in [5, 5.41) is 7.41. The Hall–Kier alpha value is 0.689. The molecule has 0 saturated carbocycles. The standard InChI is InChI=1S/C2H5NO3.Al.Mg.5H/c3-1-2(4)6-5;;;;;;;/h5H,1,3H2;;;;;;;. The van der Waals surface area contributed by atoms with Gasteiger partial charge in [0.25, 0.3) is 0 Å². The molecule has 46 valence electrons. The van der Waals surface area contributed by atoms with Crippen LogP contribution >= 0.6 is 0 Å². The van der Waals surface area contributed by atoms with E-state index in [9.17, 15) is 4.79 Å². The van der Waals surface area contributed by atoms with E-state index in [0.717, 1.165) is 0 Å². The van der Waals surface area contributed by atoms with Crippen LogP contribution in [0.5, 0.6) is 0 Å². The Morgan fingerprint density at radius 3 is 2.12 bits per heavy atom. The molecule has 4 nitrogen and oxygen atoms in total. The fourth-order valence-electron chi connectivity index (χ4n) is 0.0373. The molecular weight excluding hydrogens is 137 g/mol. The first-order valence-electron chi connectivity index (χ1n) is 1.35. The minimum absolute atomic E-state index is 0. The van der Waals surface area contributed by atoms with Crippen LogP contribution < -0.4 is 5.73 Å². The second-order valence-electron chi connectivity index (χ2n) is 0.667. The normalized spacial score (nSPS) is 5.75. The van der Waals surface area contributed by atoms with E-state index in [1.54, 1.807) is 0 Å². The van der Waals surface area contributed by atoms with E-state index in [4.69, 9.17) is 5.26 Å². The minimum Gasteiger partial charge on any atom is -0.321 e. The van der Waals surface area contributed by atoms with Gasteiger partial charge in [-0.1, -0.05) is 0 Å². The quantitative estimate of drug-likeness (QED) is 0.234. The molecular formula is C2H10AlMgNO3. The molecule has 0 heterocycles. The van der Waals surface area contributed by atoms with Crippen molar-refractivity contribution < 1.29 is 14.9 Å². The highest BCUT2D eigenvalue weighted by molar-refractivity contribution is 5.76. The molecule has 0 radical (unpaired) electrons. The number of rotatable bonds is 1. The molecule has 0 aliphatic heterocycles. The zero-order valence-electron chi connectivity index (χ0n) is 3.05. The number of carbonyl (C=O) groups excluding carboxylic acids is 1. The Kier molecular flexibility index (Phi) is 21.1. The van der Waals surface area contributed by atoms with Crippen molar-refractivity contribution in [1.82, 2.24) is 0 Å². The summed E-state index contributed by atoms with van der Waals surface area (Å²) in [6.45, 7) is -0.281. The van der Waals surface area contributed by atoms with Crippen LogP contribution in [0, 0.1) is 0 Å². The first kappa shape index (κ1) is 15.9. The molecule has 0 saturated heterocycles. The van der Waals surface area contributed by atoms with Crippen molar-refractivity contribution in [2.75, 3.05) is 6.54 Å². The lowest BCUT2D eigenvalue weighted by molar-refractivity contribution is -0.232. The Labute approximate surface area is 73.6 Å². The van der Waals surface area contributed by atoms with Crippen molar-refractivity contribution in [3.63, 3.8) is 0 Å². The fraction of sp³-hybridized carbons (Fsp3) is 0.500. The molecule has 0 fully saturated rings. The molecule has 0 aromatic rings. The monoisotopic (exact) mass is 147 g/mol. The Morgan fingerprint density at radius 2 is 2.12 bits per heavy atom. The molecule has 0 aromatic carbocycles. The summed E-state index contributed by atoms with van der Waals surface area (Å²) in [6, 6.07) is 0. The highest BCUT2D eigenvalue weighted by Crippen LogP contribution is 1.60. The molecule has 0 spiro atoms. The molecule has 3 N–H and O–H groups in total. The number of hydrogen-bond acceptors (Lipinski definition) is 4. The molecule has 0 aliphatic carbocycles. The van der Waals surface area contributed by atoms with Gasteiger partial charge in [0.2, 0.25) is 0 Å². The van der Waals surface area contributed by atoms with Crippen LogP contribution in [-0.2, 0) is 9.68 Å². The third-order valence-corrected chi connectivity index (χ3v) is 0.268. The molecule has 0 aromatic heterocycles. The molecule has 0 atom stereocenters. The molecule has 0 rings (SSSR count). The maximum Gasteiger partial charge on any atom is 0.355 e. The smallest absolute Gasteiger partial charge is 0.321 e. The van der Waals surface area contributed by atoms with Gasteiger partial charge in [0.1, 0.15) is 0 Å². The lowest BCUT2D eigenvalue weighted by atomic mass is 10.7. The van der Waals surface area contributed by atoms with Crippen molar-refractivity contribution in [2.45, 2.75) is 0 Å². The highest BCUT2D eigenvalue weighted by Gasteiger charge is 1.90. The minimum atomic E-state index is -0.824. The maximum atomic E-state index is 9.58. The number of carbonyl (C=O) groups is 1. The Bertz CT molecular complexity index is 55.2. The summed E-state index contributed by atoms with van der Waals surface area (Å²) in [6.07, 6.45) is 0. The van der Waals surface area contributed by atoms with E-state index >= 15 is 0 Å². The van der Waals surface area contributed by atoms with Gasteiger partial charge in [0, 0.05) is 0 Å². The lowest BCUT2D eigenvalue weighted by Crippen LogP contribution is -2.14. The summed E-state index contributed by atoms with van der Waals surface area (Å²) in [7, 11) is 0. The predicted octanol–water partition coefficient (Wildman–Crippen LogP) is -3.14. The molecule has 0 aliphatic rings. The maximum absolute atomic E-state index is 9.58. The van der Waals surface area contributed by atoms with Crippen molar-refractivity contribution in [1.29, 1.82) is 0 Å². The molecule has 0 bridgehead atoms. The van der Waals surface area contributed by atoms with Gasteiger partial charge < -0.3 is 5.73 Å². The van der Waals surface area contributed by atoms with Gasteiger partial charge in [-0.3, -0.25) is 4.89 Å². The van der Waals surface area contributed by atoms with E-state index in [1.165, 1.54) is 0 Å². The van der Waals surface area contributed by atoms with E-state index in [1.807, 2.05) is 0 Å². The van der Waals surface area contributed by atoms with E-state index in [0.29, 0.717) is 0 Å². The molecule has 6 heteroatoms. The van der Waals surface area contributed by atoms with Crippen molar-refractivity contribution in [3.05, 3.63) is 0 Å². The summed E-state index contributed by atoms with van der Waals surface area (Å²) in [5.74, 6) is -0.824. The summed E-state index contributed by atoms with van der Waals surface area (Å²) >= 11 is 0. The van der Waals surface area contributed by atoms with Crippen LogP contribution in [0.3, 0.4) is 0 Å². The fourth-order valence-corrected chi connectivity index (χ4v) is 0.0373. The van der Waals surface area contributed by atoms with E-state index in [-0.39, 0.29) is 47.0 Å². The van der Waals surface area contributed by atoms with Crippen molar-refractivity contribution >= 4 is 46.4 Å². The molecule has 8 heavy (non-hydrogen) atoms. The average Bonchev–Trinajstić information content (AvgIpc) is 1.65. The van der Waals surface area contributed by atoms with Crippen molar-refractivity contribution in [2.24, 2.45) is 5.73 Å². The number of nitrogens with two attached hydrogens (primary N) is 1. The van der Waals surface area contributed by atoms with Gasteiger partial charge in [-0.05, 0) is 0 Å². The van der Waals surface area contributed by atoms with Crippen LogP contribution in [0.15, 0.2) is 0 Å². The highest BCUT2D eigenvalue weighted by atomic mass is 27.0. The zero-order valence-corrected chi connectivity index (χ0v) is 3.05. The largest absolute Gasteiger partial charge is 0.355 e. The Morgan fingerprint density at radius 1 is 1.75 bits per heavy atom. The Balaban J connectivity index is -0.000000125. The summed E-state index contributed by atoms with van der Waals surface area (Å²) < 4.78 is 0. The van der Waals surface area contributed by atoms with Crippen LogP contribution in [0.4, 0.5) is 0 Å². The number of hydrogen-bond donors (Lipinski definition) is 2. The zero-order chi connectivity index (χ0) is 4.99. The van der Waals surface area contributed by atoms with Crippen LogP contribution in [0.1, 0.15) is 0 Å². The lowest BCUT2D eigenvalue weighted by Gasteiger charge is -1.83. The average molecular weight is 147 g/mol. The van der Waals surface area contributed by atoms with E-state index in [2.05, 4.69) is 10.6 Å². The summed E-state index contributed by atoms with van der Waals surface area (Å²) in [5.41, 5.74) is 4.65. The summed E-state index contributed by atoms with van der Waals surface area (Å²) in [4.78, 5) is 12.7. The van der Waals surface area contributed by atoms with Gasteiger partial charge in [-0.15, -0.1) is 0 Å². The van der Waals surface area contributed by atoms with Gasteiger partial charge in [0.05, 0.1) is 6.54 Å². The van der Waals surface area contributed by atoms with Gasteiger partial charge in [-0.2, -0.15) is 5.26 Å². The van der Waals surface area contributed by atoms with Gasteiger partial charge in [-0.25, -0.2) is 4.79 Å². The first-order chi connectivity index (χ1) is 2.81. The molecule has 0 unspecified atom stereocenters. The third kappa shape index (κ3) is 9.85.